The standard InChI is InChI=1S/C20H19N5O/c1-14(16-10-6-7-11-18(16)26-2)24-19-17-12-23-25(20(17)22-13-21-19)15-8-4-3-5-9-15/h3-14H,1-2H3,(H,21,22,24). The van der Waals surface area contributed by atoms with E-state index in [4.69, 9.17) is 4.74 Å². The molecule has 0 amide bonds. The number of methoxy groups -OCH3 is 1. The van der Waals surface area contributed by atoms with Gasteiger partial charge < -0.3 is 10.1 Å². The van der Waals surface area contributed by atoms with Crippen molar-refractivity contribution in [2.75, 3.05) is 12.4 Å². The molecule has 0 aliphatic rings. The van der Waals surface area contributed by atoms with Gasteiger partial charge in [-0.2, -0.15) is 5.10 Å². The third kappa shape index (κ3) is 2.86. The second-order valence-corrected chi connectivity index (χ2v) is 5.96. The van der Waals surface area contributed by atoms with Crippen molar-refractivity contribution in [3.05, 3.63) is 72.7 Å². The molecule has 4 aromatic rings. The molecule has 0 aliphatic heterocycles. The zero-order chi connectivity index (χ0) is 17.9. The maximum Gasteiger partial charge on any atom is 0.168 e. The fourth-order valence-corrected chi connectivity index (χ4v) is 3.02. The molecule has 1 unspecified atom stereocenters. The molecule has 0 spiro atoms. The maximum absolute atomic E-state index is 5.46. The summed E-state index contributed by atoms with van der Waals surface area (Å²) in [6.07, 6.45) is 3.35. The lowest BCUT2D eigenvalue weighted by Gasteiger charge is -2.18. The summed E-state index contributed by atoms with van der Waals surface area (Å²) < 4.78 is 7.28. The minimum atomic E-state index is 0.0179. The normalized spacial score (nSPS) is 12.1. The molecule has 26 heavy (non-hydrogen) atoms. The van der Waals surface area contributed by atoms with E-state index in [-0.39, 0.29) is 6.04 Å². The molecular formula is C20H19N5O. The summed E-state index contributed by atoms with van der Waals surface area (Å²) in [5.74, 6) is 1.59. The summed E-state index contributed by atoms with van der Waals surface area (Å²) >= 11 is 0. The summed E-state index contributed by atoms with van der Waals surface area (Å²) in [6.45, 7) is 2.08. The molecule has 1 atom stereocenters. The second kappa shape index (κ2) is 6.84. The molecule has 130 valence electrons. The van der Waals surface area contributed by atoms with Crippen LogP contribution in [0.1, 0.15) is 18.5 Å². The van der Waals surface area contributed by atoms with Gasteiger partial charge in [-0.1, -0.05) is 36.4 Å². The predicted octanol–water partition coefficient (Wildman–Crippen LogP) is 4.00. The molecule has 0 saturated carbocycles. The number of nitrogens with zero attached hydrogens (tertiary/aromatic N) is 4. The van der Waals surface area contributed by atoms with Crippen LogP contribution in [0.25, 0.3) is 16.7 Å². The number of hydrogen-bond acceptors (Lipinski definition) is 5. The van der Waals surface area contributed by atoms with E-state index in [2.05, 4.69) is 27.3 Å². The Balaban J connectivity index is 1.71. The van der Waals surface area contributed by atoms with Crippen molar-refractivity contribution in [3.8, 4) is 11.4 Å². The monoisotopic (exact) mass is 345 g/mol. The maximum atomic E-state index is 5.46. The van der Waals surface area contributed by atoms with Crippen LogP contribution in [0.2, 0.25) is 0 Å². The molecule has 0 saturated heterocycles. The molecule has 2 aromatic heterocycles. The number of nitrogens with one attached hydrogen (secondary N) is 1. The fraction of sp³-hybridized carbons (Fsp3) is 0.150. The number of rotatable bonds is 5. The molecule has 0 fully saturated rings. The van der Waals surface area contributed by atoms with Gasteiger partial charge in [-0.05, 0) is 25.1 Å². The van der Waals surface area contributed by atoms with E-state index in [1.54, 1.807) is 19.6 Å². The van der Waals surface area contributed by atoms with E-state index in [0.717, 1.165) is 33.9 Å². The largest absolute Gasteiger partial charge is 0.496 e. The Labute approximate surface area is 151 Å². The Morgan fingerprint density at radius 1 is 1.00 bits per heavy atom. The van der Waals surface area contributed by atoms with Gasteiger partial charge in [0.05, 0.1) is 30.4 Å². The van der Waals surface area contributed by atoms with E-state index in [0.29, 0.717) is 0 Å². The van der Waals surface area contributed by atoms with Crippen LogP contribution in [0.4, 0.5) is 5.82 Å². The molecular weight excluding hydrogens is 326 g/mol. The van der Waals surface area contributed by atoms with Gasteiger partial charge in [0.1, 0.15) is 17.9 Å². The van der Waals surface area contributed by atoms with Crippen LogP contribution in [0.5, 0.6) is 5.75 Å². The molecule has 0 bridgehead atoms. The van der Waals surface area contributed by atoms with Crippen LogP contribution in [0.15, 0.2) is 67.1 Å². The number of anilines is 1. The van der Waals surface area contributed by atoms with E-state index in [9.17, 15) is 0 Å². The van der Waals surface area contributed by atoms with Crippen molar-refractivity contribution in [1.29, 1.82) is 0 Å². The highest BCUT2D eigenvalue weighted by Gasteiger charge is 2.15. The highest BCUT2D eigenvalue weighted by Crippen LogP contribution is 2.29. The van der Waals surface area contributed by atoms with Gasteiger partial charge in [-0.3, -0.25) is 0 Å². The van der Waals surface area contributed by atoms with Gasteiger partial charge in [0.15, 0.2) is 5.65 Å². The molecule has 2 aromatic carbocycles. The second-order valence-electron chi connectivity index (χ2n) is 5.96. The van der Waals surface area contributed by atoms with Gasteiger partial charge in [0.25, 0.3) is 0 Å². The molecule has 6 heteroatoms. The van der Waals surface area contributed by atoms with Gasteiger partial charge in [-0.15, -0.1) is 0 Å². The highest BCUT2D eigenvalue weighted by molar-refractivity contribution is 5.87. The Hall–Kier alpha value is -3.41. The minimum absolute atomic E-state index is 0.0179. The number of fused-ring (bicyclic) bond motifs is 1. The quantitative estimate of drug-likeness (QED) is 0.592. The van der Waals surface area contributed by atoms with Crippen LogP contribution in [0.3, 0.4) is 0 Å². The van der Waals surface area contributed by atoms with Crippen molar-refractivity contribution in [2.24, 2.45) is 0 Å². The van der Waals surface area contributed by atoms with Crippen LogP contribution in [-0.4, -0.2) is 26.9 Å². The van der Waals surface area contributed by atoms with E-state index in [1.807, 2.05) is 59.3 Å². The minimum Gasteiger partial charge on any atom is -0.496 e. The van der Waals surface area contributed by atoms with Gasteiger partial charge in [0, 0.05) is 5.56 Å². The Morgan fingerprint density at radius 3 is 2.58 bits per heavy atom. The van der Waals surface area contributed by atoms with Gasteiger partial charge in [-0.25, -0.2) is 14.6 Å². The van der Waals surface area contributed by atoms with Crippen LogP contribution in [0, 0.1) is 0 Å². The van der Waals surface area contributed by atoms with Gasteiger partial charge in [0.2, 0.25) is 0 Å². The first-order valence-electron chi connectivity index (χ1n) is 8.41. The molecule has 0 aliphatic carbocycles. The van der Waals surface area contributed by atoms with Crippen LogP contribution in [-0.2, 0) is 0 Å². The molecule has 1 N–H and O–H groups in total. The first kappa shape index (κ1) is 16.1. The lowest BCUT2D eigenvalue weighted by molar-refractivity contribution is 0.408. The third-order valence-electron chi connectivity index (χ3n) is 4.33. The van der Waals surface area contributed by atoms with Crippen LogP contribution < -0.4 is 10.1 Å². The first-order valence-corrected chi connectivity index (χ1v) is 8.41. The number of para-hydroxylation sites is 2. The number of benzene rings is 2. The van der Waals surface area contributed by atoms with Crippen molar-refractivity contribution in [1.82, 2.24) is 19.7 Å². The molecule has 4 rings (SSSR count). The molecule has 0 radical (unpaired) electrons. The van der Waals surface area contributed by atoms with Crippen LogP contribution >= 0.6 is 0 Å². The highest BCUT2D eigenvalue weighted by atomic mass is 16.5. The zero-order valence-corrected chi connectivity index (χ0v) is 14.6. The Bertz CT molecular complexity index is 1030. The Kier molecular flexibility index (Phi) is 4.23. The van der Waals surface area contributed by atoms with Crippen molar-refractivity contribution >= 4 is 16.9 Å². The van der Waals surface area contributed by atoms with Crippen molar-refractivity contribution in [2.45, 2.75) is 13.0 Å². The summed E-state index contributed by atoms with van der Waals surface area (Å²) in [4.78, 5) is 8.84. The van der Waals surface area contributed by atoms with Crippen molar-refractivity contribution < 1.29 is 4.74 Å². The summed E-state index contributed by atoms with van der Waals surface area (Å²) in [5.41, 5.74) is 2.79. The average Bonchev–Trinajstić information content (AvgIpc) is 3.14. The number of ether oxygens (including phenoxy) is 1. The summed E-state index contributed by atoms with van der Waals surface area (Å²) in [6, 6.07) is 17.9. The Morgan fingerprint density at radius 2 is 1.77 bits per heavy atom. The number of hydrogen-bond donors (Lipinski definition) is 1. The molecule has 2 heterocycles. The molecule has 6 nitrogen and oxygen atoms in total. The predicted molar refractivity (Wildman–Crippen MR) is 102 cm³/mol. The average molecular weight is 345 g/mol. The first-order chi connectivity index (χ1) is 12.8. The third-order valence-corrected chi connectivity index (χ3v) is 4.33. The van der Waals surface area contributed by atoms with E-state index < -0.39 is 0 Å². The lowest BCUT2D eigenvalue weighted by Crippen LogP contribution is -2.10. The summed E-state index contributed by atoms with van der Waals surface area (Å²) in [7, 11) is 1.68. The SMILES string of the molecule is COc1ccccc1C(C)Nc1ncnc2c1cnn2-c1ccccc1. The zero-order valence-electron chi connectivity index (χ0n) is 14.6. The van der Waals surface area contributed by atoms with E-state index >= 15 is 0 Å². The smallest absolute Gasteiger partial charge is 0.168 e. The fourth-order valence-electron chi connectivity index (χ4n) is 3.02. The topological polar surface area (TPSA) is 64.9 Å². The summed E-state index contributed by atoms with van der Waals surface area (Å²) in [5, 5.41) is 8.82. The van der Waals surface area contributed by atoms with E-state index in [1.165, 1.54) is 0 Å². The van der Waals surface area contributed by atoms with Crippen molar-refractivity contribution in [3.63, 3.8) is 0 Å². The van der Waals surface area contributed by atoms with Gasteiger partial charge >= 0.3 is 0 Å². The number of aromatic nitrogens is 4. The lowest BCUT2D eigenvalue weighted by atomic mass is 10.1.